The number of carbonyl (C=O) groups is 1. The molecule has 0 saturated heterocycles. The number of nitrogens with zero attached hydrogens (tertiary/aromatic N) is 2. The van der Waals surface area contributed by atoms with E-state index in [9.17, 15) is 4.79 Å². The summed E-state index contributed by atoms with van der Waals surface area (Å²) in [7, 11) is 1.62. The summed E-state index contributed by atoms with van der Waals surface area (Å²) in [6.45, 7) is 5.60. The summed E-state index contributed by atoms with van der Waals surface area (Å²) < 4.78 is 5.12. The smallest absolute Gasteiger partial charge is 0.236 e. The topological polar surface area (TPSA) is 64.1 Å². The molecule has 0 unspecified atom stereocenters. The van der Waals surface area contributed by atoms with E-state index in [4.69, 9.17) is 4.74 Å². The number of ether oxygens (including phenoxy) is 1. The fourth-order valence-electron chi connectivity index (χ4n) is 1.74. The molecule has 0 atom stereocenters. The Balaban J connectivity index is 2.17. The SMILES string of the molecule is COc1ccc(C(C)(C)C(=O)Nc2nnc(C)s2)cc1. The van der Waals surface area contributed by atoms with Crippen LogP contribution >= 0.6 is 11.3 Å². The van der Waals surface area contributed by atoms with Gasteiger partial charge < -0.3 is 4.74 Å². The number of rotatable bonds is 4. The van der Waals surface area contributed by atoms with Gasteiger partial charge >= 0.3 is 0 Å². The number of aromatic nitrogens is 2. The molecule has 2 aromatic rings. The van der Waals surface area contributed by atoms with Gasteiger partial charge in [0.15, 0.2) is 0 Å². The molecule has 0 bridgehead atoms. The molecule has 6 heteroatoms. The molecular formula is C14H17N3O2S. The molecule has 2 rings (SSSR count). The second kappa shape index (κ2) is 5.58. The fraction of sp³-hybridized carbons (Fsp3) is 0.357. The van der Waals surface area contributed by atoms with Gasteiger partial charge in [-0.25, -0.2) is 0 Å². The Morgan fingerprint density at radius 3 is 2.40 bits per heavy atom. The van der Waals surface area contributed by atoms with Crippen LogP contribution in [0.25, 0.3) is 0 Å². The summed E-state index contributed by atoms with van der Waals surface area (Å²) in [5.41, 5.74) is 0.253. The van der Waals surface area contributed by atoms with E-state index in [2.05, 4.69) is 15.5 Å². The van der Waals surface area contributed by atoms with Crippen molar-refractivity contribution >= 4 is 22.4 Å². The monoisotopic (exact) mass is 291 g/mol. The third kappa shape index (κ3) is 2.96. The first-order valence-electron chi connectivity index (χ1n) is 6.19. The first-order valence-corrected chi connectivity index (χ1v) is 7.01. The maximum atomic E-state index is 12.4. The Morgan fingerprint density at radius 2 is 1.90 bits per heavy atom. The highest BCUT2D eigenvalue weighted by molar-refractivity contribution is 7.15. The highest BCUT2D eigenvalue weighted by Crippen LogP contribution is 2.27. The van der Waals surface area contributed by atoms with Crippen LogP contribution in [0.1, 0.15) is 24.4 Å². The zero-order valence-electron chi connectivity index (χ0n) is 11.9. The van der Waals surface area contributed by atoms with Crippen LogP contribution < -0.4 is 10.1 Å². The predicted octanol–water partition coefficient (Wildman–Crippen LogP) is 2.77. The normalized spacial score (nSPS) is 11.2. The highest BCUT2D eigenvalue weighted by Gasteiger charge is 2.30. The van der Waals surface area contributed by atoms with Crippen LogP contribution in [0, 0.1) is 6.92 Å². The van der Waals surface area contributed by atoms with Crippen molar-refractivity contribution < 1.29 is 9.53 Å². The van der Waals surface area contributed by atoms with E-state index in [0.29, 0.717) is 5.13 Å². The predicted molar refractivity (Wildman–Crippen MR) is 79.3 cm³/mol. The van der Waals surface area contributed by atoms with E-state index in [1.165, 1.54) is 11.3 Å². The van der Waals surface area contributed by atoms with Gasteiger partial charge in [0.2, 0.25) is 11.0 Å². The Morgan fingerprint density at radius 1 is 1.25 bits per heavy atom. The second-order valence-electron chi connectivity index (χ2n) is 4.93. The van der Waals surface area contributed by atoms with Crippen molar-refractivity contribution in [2.45, 2.75) is 26.2 Å². The molecule has 106 valence electrons. The van der Waals surface area contributed by atoms with Crippen LogP contribution in [0.2, 0.25) is 0 Å². The zero-order chi connectivity index (χ0) is 14.8. The van der Waals surface area contributed by atoms with Crippen LogP contribution in [0.3, 0.4) is 0 Å². The molecule has 0 fully saturated rings. The Bertz CT molecular complexity index is 605. The van der Waals surface area contributed by atoms with E-state index in [-0.39, 0.29) is 5.91 Å². The third-order valence-corrected chi connectivity index (χ3v) is 3.88. The number of hydrogen-bond donors (Lipinski definition) is 1. The number of aryl methyl sites for hydroxylation is 1. The van der Waals surface area contributed by atoms with Crippen molar-refractivity contribution in [3.05, 3.63) is 34.8 Å². The Hall–Kier alpha value is -1.95. The average molecular weight is 291 g/mol. The Labute approximate surface area is 122 Å². The minimum Gasteiger partial charge on any atom is -0.497 e. The van der Waals surface area contributed by atoms with Crippen LogP contribution in [0.5, 0.6) is 5.75 Å². The summed E-state index contributed by atoms with van der Waals surface area (Å²) in [5.74, 6) is 0.656. The molecule has 1 aromatic heterocycles. The molecular weight excluding hydrogens is 274 g/mol. The number of carbonyl (C=O) groups excluding carboxylic acids is 1. The van der Waals surface area contributed by atoms with Gasteiger partial charge in [0.1, 0.15) is 10.8 Å². The van der Waals surface area contributed by atoms with Crippen LogP contribution in [-0.2, 0) is 10.2 Å². The standard InChI is InChI=1S/C14H17N3O2S/c1-9-16-17-13(20-9)15-12(18)14(2,3)10-5-7-11(19-4)8-6-10/h5-8H,1-4H3,(H,15,17,18). The average Bonchev–Trinajstić information content (AvgIpc) is 2.84. The number of anilines is 1. The van der Waals surface area contributed by atoms with Gasteiger partial charge in [-0.05, 0) is 38.5 Å². The molecule has 1 N–H and O–H groups in total. The van der Waals surface area contributed by atoms with E-state index >= 15 is 0 Å². The van der Waals surface area contributed by atoms with Crippen molar-refractivity contribution in [1.29, 1.82) is 0 Å². The van der Waals surface area contributed by atoms with Crippen molar-refractivity contribution in [2.24, 2.45) is 0 Å². The summed E-state index contributed by atoms with van der Waals surface area (Å²) in [6.07, 6.45) is 0. The first kappa shape index (κ1) is 14.5. The summed E-state index contributed by atoms with van der Waals surface area (Å²) in [5, 5.41) is 11.9. The molecule has 0 saturated carbocycles. The molecule has 0 aliphatic rings. The zero-order valence-corrected chi connectivity index (χ0v) is 12.7. The third-order valence-electron chi connectivity index (χ3n) is 3.13. The molecule has 5 nitrogen and oxygen atoms in total. The van der Waals surface area contributed by atoms with Crippen molar-refractivity contribution in [3.63, 3.8) is 0 Å². The second-order valence-corrected chi connectivity index (χ2v) is 6.12. The van der Waals surface area contributed by atoms with Crippen LogP contribution in [0.15, 0.2) is 24.3 Å². The van der Waals surface area contributed by atoms with E-state index in [1.807, 2.05) is 45.0 Å². The first-order chi connectivity index (χ1) is 9.43. The molecule has 1 aromatic carbocycles. The lowest BCUT2D eigenvalue weighted by Crippen LogP contribution is -2.34. The lowest BCUT2D eigenvalue weighted by atomic mass is 9.84. The van der Waals surface area contributed by atoms with E-state index in [0.717, 1.165) is 16.3 Å². The van der Waals surface area contributed by atoms with Gasteiger partial charge in [0, 0.05) is 0 Å². The number of nitrogens with one attached hydrogen (secondary N) is 1. The highest BCUT2D eigenvalue weighted by atomic mass is 32.1. The van der Waals surface area contributed by atoms with Gasteiger partial charge in [-0.2, -0.15) is 0 Å². The molecule has 1 heterocycles. The van der Waals surface area contributed by atoms with Crippen LogP contribution in [-0.4, -0.2) is 23.2 Å². The van der Waals surface area contributed by atoms with Crippen LogP contribution in [0.4, 0.5) is 5.13 Å². The molecule has 1 amide bonds. The van der Waals surface area contributed by atoms with E-state index < -0.39 is 5.41 Å². The summed E-state index contributed by atoms with van der Waals surface area (Å²) >= 11 is 1.36. The lowest BCUT2D eigenvalue weighted by Gasteiger charge is -2.23. The molecule has 0 aliphatic heterocycles. The quantitative estimate of drug-likeness (QED) is 0.940. The molecule has 0 radical (unpaired) electrons. The van der Waals surface area contributed by atoms with Crippen molar-refractivity contribution in [3.8, 4) is 5.75 Å². The van der Waals surface area contributed by atoms with Gasteiger partial charge in [0.05, 0.1) is 12.5 Å². The van der Waals surface area contributed by atoms with Gasteiger partial charge in [0.25, 0.3) is 0 Å². The summed E-state index contributed by atoms with van der Waals surface area (Å²) in [6, 6.07) is 7.48. The molecule has 20 heavy (non-hydrogen) atoms. The number of benzene rings is 1. The maximum absolute atomic E-state index is 12.4. The number of hydrogen-bond acceptors (Lipinski definition) is 5. The minimum atomic E-state index is -0.661. The van der Waals surface area contributed by atoms with Gasteiger partial charge in [-0.1, -0.05) is 23.5 Å². The number of amides is 1. The van der Waals surface area contributed by atoms with Crippen molar-refractivity contribution in [1.82, 2.24) is 10.2 Å². The lowest BCUT2D eigenvalue weighted by molar-refractivity contribution is -0.120. The maximum Gasteiger partial charge on any atom is 0.236 e. The summed E-state index contributed by atoms with van der Waals surface area (Å²) in [4.78, 5) is 12.4. The van der Waals surface area contributed by atoms with Gasteiger partial charge in [-0.15, -0.1) is 10.2 Å². The van der Waals surface area contributed by atoms with E-state index in [1.54, 1.807) is 7.11 Å². The minimum absolute atomic E-state index is 0.112. The molecule has 0 spiro atoms. The van der Waals surface area contributed by atoms with Gasteiger partial charge in [-0.3, -0.25) is 10.1 Å². The van der Waals surface area contributed by atoms with Crippen molar-refractivity contribution in [2.75, 3.05) is 12.4 Å². The largest absolute Gasteiger partial charge is 0.497 e. The molecule has 0 aliphatic carbocycles. The fourth-order valence-corrected chi connectivity index (χ4v) is 2.33. The number of methoxy groups -OCH3 is 1. The Kier molecular flexibility index (Phi) is 4.04.